The first-order chi connectivity index (χ1) is 7.79. The zero-order valence-electron chi connectivity index (χ0n) is 9.25. The molecule has 2 aromatic rings. The molecule has 0 saturated carbocycles. The lowest BCUT2D eigenvalue weighted by molar-refractivity contribution is 0.282. The van der Waals surface area contributed by atoms with Crippen molar-refractivity contribution in [2.75, 3.05) is 6.54 Å². The van der Waals surface area contributed by atoms with Crippen molar-refractivity contribution in [3.63, 3.8) is 0 Å². The minimum absolute atomic E-state index is 0.100. The molecule has 1 aliphatic heterocycles. The van der Waals surface area contributed by atoms with Gasteiger partial charge in [-0.3, -0.25) is 4.99 Å². The van der Waals surface area contributed by atoms with E-state index in [1.807, 2.05) is 19.1 Å². The minimum atomic E-state index is 0.100. The Kier molecular flexibility index (Phi) is 2.07. The van der Waals surface area contributed by atoms with Crippen LogP contribution in [-0.4, -0.2) is 22.3 Å². The first kappa shape index (κ1) is 9.60. The highest BCUT2D eigenvalue weighted by Gasteiger charge is 2.16. The summed E-state index contributed by atoms with van der Waals surface area (Å²) in [5.74, 6) is 0. The fourth-order valence-corrected chi connectivity index (χ4v) is 2.38. The Balaban J connectivity index is 2.30. The number of aliphatic hydroxyl groups excluding tert-OH is 1. The fraction of sp³-hybridized carbons (Fsp3) is 0.308. The highest BCUT2D eigenvalue weighted by Crippen LogP contribution is 2.27. The van der Waals surface area contributed by atoms with Crippen LogP contribution in [0.2, 0.25) is 0 Å². The summed E-state index contributed by atoms with van der Waals surface area (Å²) in [6, 6.07) is 6.06. The zero-order valence-corrected chi connectivity index (χ0v) is 9.25. The molecule has 0 aliphatic carbocycles. The van der Waals surface area contributed by atoms with E-state index in [-0.39, 0.29) is 6.61 Å². The van der Waals surface area contributed by atoms with Gasteiger partial charge in [0.1, 0.15) is 0 Å². The maximum atomic E-state index is 9.16. The Morgan fingerprint density at radius 3 is 3.12 bits per heavy atom. The quantitative estimate of drug-likeness (QED) is 0.749. The van der Waals surface area contributed by atoms with E-state index < -0.39 is 0 Å². The lowest BCUT2D eigenvalue weighted by Crippen LogP contribution is -2.08. The lowest BCUT2D eigenvalue weighted by Gasteiger charge is -2.09. The smallest absolute Gasteiger partial charge is 0.0682 e. The number of hydrogen-bond acceptors (Lipinski definition) is 2. The normalized spacial score (nSPS) is 15.0. The number of H-pyrrole nitrogens is 1. The molecule has 0 atom stereocenters. The molecule has 3 nitrogen and oxygen atoms in total. The molecule has 82 valence electrons. The second-order valence-corrected chi connectivity index (χ2v) is 4.23. The predicted molar refractivity (Wildman–Crippen MR) is 65.0 cm³/mol. The maximum absolute atomic E-state index is 9.16. The summed E-state index contributed by atoms with van der Waals surface area (Å²) in [6.07, 6.45) is 0.988. The zero-order chi connectivity index (χ0) is 11.1. The molecule has 1 aliphatic rings. The van der Waals surface area contributed by atoms with Crippen molar-refractivity contribution >= 4 is 16.6 Å². The van der Waals surface area contributed by atoms with E-state index in [2.05, 4.69) is 16.0 Å². The molecule has 0 bridgehead atoms. The van der Waals surface area contributed by atoms with Crippen molar-refractivity contribution in [3.05, 3.63) is 35.0 Å². The largest absolute Gasteiger partial charge is 0.392 e. The van der Waals surface area contributed by atoms with Crippen LogP contribution in [0, 0.1) is 0 Å². The first-order valence-electron chi connectivity index (χ1n) is 5.55. The molecule has 0 fully saturated rings. The molecule has 0 amide bonds. The number of aromatic amines is 1. The Morgan fingerprint density at radius 2 is 2.31 bits per heavy atom. The van der Waals surface area contributed by atoms with E-state index >= 15 is 0 Å². The summed E-state index contributed by atoms with van der Waals surface area (Å²) < 4.78 is 0. The SMILES string of the molecule is CC1=NCCc2c1[nH]c1ccc(CO)cc21. The van der Waals surface area contributed by atoms with Gasteiger partial charge < -0.3 is 10.1 Å². The minimum Gasteiger partial charge on any atom is -0.392 e. The number of fused-ring (bicyclic) bond motifs is 3. The molecule has 1 aromatic heterocycles. The molecule has 1 aromatic carbocycles. The summed E-state index contributed by atoms with van der Waals surface area (Å²) in [7, 11) is 0. The summed E-state index contributed by atoms with van der Waals surface area (Å²) in [5, 5.41) is 10.4. The van der Waals surface area contributed by atoms with Crippen LogP contribution in [0.25, 0.3) is 10.9 Å². The molecular weight excluding hydrogens is 200 g/mol. The second-order valence-electron chi connectivity index (χ2n) is 4.23. The van der Waals surface area contributed by atoms with Crippen LogP contribution in [0.15, 0.2) is 23.2 Å². The van der Waals surface area contributed by atoms with Crippen LogP contribution in [0.3, 0.4) is 0 Å². The van der Waals surface area contributed by atoms with Crippen LogP contribution >= 0.6 is 0 Å². The maximum Gasteiger partial charge on any atom is 0.0682 e. The van der Waals surface area contributed by atoms with Crippen LogP contribution in [0.1, 0.15) is 23.7 Å². The van der Waals surface area contributed by atoms with Gasteiger partial charge in [-0.15, -0.1) is 0 Å². The summed E-state index contributed by atoms with van der Waals surface area (Å²) in [4.78, 5) is 7.85. The van der Waals surface area contributed by atoms with Gasteiger partial charge in [0.05, 0.1) is 18.0 Å². The highest BCUT2D eigenvalue weighted by atomic mass is 16.3. The first-order valence-corrected chi connectivity index (χ1v) is 5.55. The van der Waals surface area contributed by atoms with E-state index in [0.717, 1.165) is 35.5 Å². The third-order valence-electron chi connectivity index (χ3n) is 3.23. The third-order valence-corrected chi connectivity index (χ3v) is 3.23. The Morgan fingerprint density at radius 1 is 1.44 bits per heavy atom. The van der Waals surface area contributed by atoms with Gasteiger partial charge in [0.15, 0.2) is 0 Å². The van der Waals surface area contributed by atoms with Gasteiger partial charge in [0, 0.05) is 17.4 Å². The predicted octanol–water partition coefficient (Wildman–Crippen LogP) is 2.03. The highest BCUT2D eigenvalue weighted by molar-refractivity contribution is 6.04. The molecule has 0 spiro atoms. The van der Waals surface area contributed by atoms with Gasteiger partial charge in [0.2, 0.25) is 0 Å². The second kappa shape index (κ2) is 3.46. The van der Waals surface area contributed by atoms with E-state index in [4.69, 9.17) is 5.11 Å². The molecule has 3 rings (SSSR count). The van der Waals surface area contributed by atoms with Crippen LogP contribution in [0.4, 0.5) is 0 Å². The van der Waals surface area contributed by atoms with Crippen molar-refractivity contribution < 1.29 is 5.11 Å². The van der Waals surface area contributed by atoms with E-state index in [1.54, 1.807) is 0 Å². The van der Waals surface area contributed by atoms with Crippen molar-refractivity contribution in [1.29, 1.82) is 0 Å². The number of aromatic nitrogens is 1. The Bertz CT molecular complexity index is 581. The number of rotatable bonds is 1. The number of nitrogens with zero attached hydrogens (tertiary/aromatic N) is 1. The van der Waals surface area contributed by atoms with E-state index in [1.165, 1.54) is 10.9 Å². The van der Waals surface area contributed by atoms with Crippen molar-refractivity contribution in [3.8, 4) is 0 Å². The van der Waals surface area contributed by atoms with Gasteiger partial charge in [-0.2, -0.15) is 0 Å². The van der Waals surface area contributed by atoms with Crippen LogP contribution in [0.5, 0.6) is 0 Å². The van der Waals surface area contributed by atoms with Crippen LogP contribution in [-0.2, 0) is 13.0 Å². The summed E-state index contributed by atoms with van der Waals surface area (Å²) >= 11 is 0. The number of benzene rings is 1. The number of aliphatic hydroxyl groups is 1. The van der Waals surface area contributed by atoms with Crippen molar-refractivity contribution in [1.82, 2.24) is 4.98 Å². The van der Waals surface area contributed by atoms with Gasteiger partial charge in [0.25, 0.3) is 0 Å². The Labute approximate surface area is 93.8 Å². The molecule has 0 unspecified atom stereocenters. The number of aliphatic imine (C=N–C) groups is 1. The lowest BCUT2D eigenvalue weighted by atomic mass is 10.0. The van der Waals surface area contributed by atoms with Crippen molar-refractivity contribution in [2.24, 2.45) is 4.99 Å². The summed E-state index contributed by atoms with van der Waals surface area (Å²) in [5.41, 5.74) is 5.70. The molecule has 2 N–H and O–H groups in total. The summed E-state index contributed by atoms with van der Waals surface area (Å²) in [6.45, 7) is 3.01. The van der Waals surface area contributed by atoms with Gasteiger partial charge in [-0.1, -0.05) is 6.07 Å². The van der Waals surface area contributed by atoms with Gasteiger partial charge >= 0.3 is 0 Å². The average Bonchev–Trinajstić information content (AvgIpc) is 2.68. The third kappa shape index (κ3) is 1.28. The molecule has 3 heteroatoms. The molecule has 0 saturated heterocycles. The molecular formula is C13H14N2O. The van der Waals surface area contributed by atoms with Gasteiger partial charge in [-0.05, 0) is 36.6 Å². The number of nitrogens with one attached hydrogen (secondary N) is 1. The topological polar surface area (TPSA) is 48.4 Å². The van der Waals surface area contributed by atoms with E-state index in [0.29, 0.717) is 0 Å². The van der Waals surface area contributed by atoms with Gasteiger partial charge in [-0.25, -0.2) is 0 Å². The molecule has 2 heterocycles. The Hall–Kier alpha value is -1.61. The molecule has 16 heavy (non-hydrogen) atoms. The van der Waals surface area contributed by atoms with Crippen molar-refractivity contribution in [2.45, 2.75) is 20.0 Å². The standard InChI is InChI=1S/C13H14N2O/c1-8-13-10(4-5-14-8)11-6-9(7-16)2-3-12(11)15-13/h2-3,6,15-16H,4-5,7H2,1H3. The monoisotopic (exact) mass is 214 g/mol. The fourth-order valence-electron chi connectivity index (χ4n) is 2.38. The van der Waals surface area contributed by atoms with E-state index in [9.17, 15) is 0 Å². The average molecular weight is 214 g/mol. The number of hydrogen-bond donors (Lipinski definition) is 2. The molecule has 0 radical (unpaired) electrons. The van der Waals surface area contributed by atoms with Crippen LogP contribution < -0.4 is 0 Å².